The van der Waals surface area contributed by atoms with Crippen LogP contribution in [0.3, 0.4) is 0 Å². The molecule has 0 aromatic heterocycles. The van der Waals surface area contributed by atoms with Gasteiger partial charge in [0.05, 0.1) is 0 Å². The molecule has 3 heteroatoms. The minimum Gasteiger partial charge on any atom is -0.381 e. The summed E-state index contributed by atoms with van der Waals surface area (Å²) in [7, 11) is -0.557. The summed E-state index contributed by atoms with van der Waals surface area (Å²) >= 11 is 0. The summed E-state index contributed by atoms with van der Waals surface area (Å²) in [6.45, 7) is 10.7. The highest BCUT2D eigenvalue weighted by Crippen LogP contribution is 2.18. The fourth-order valence-electron chi connectivity index (χ4n) is 2.68. The molecular formula is C21H44O2S. The lowest BCUT2D eigenvalue weighted by atomic mass is 9.93. The van der Waals surface area contributed by atoms with E-state index in [2.05, 4.69) is 20.8 Å². The Morgan fingerprint density at radius 3 is 1.62 bits per heavy atom. The average Bonchev–Trinajstić information content (AvgIpc) is 2.53. The SMILES string of the molecule is CCS(=O)CCCCCCCCCCCCCOCCC(C)(C)C. The minimum absolute atomic E-state index is 0.397. The first-order chi connectivity index (χ1) is 11.5. The van der Waals surface area contributed by atoms with Crippen molar-refractivity contribution in [3.05, 3.63) is 0 Å². The molecule has 0 aromatic rings. The maximum Gasteiger partial charge on any atom is 0.0471 e. The van der Waals surface area contributed by atoms with Crippen LogP contribution < -0.4 is 0 Å². The molecule has 0 saturated carbocycles. The number of hydrogen-bond donors (Lipinski definition) is 0. The van der Waals surface area contributed by atoms with Crippen molar-refractivity contribution >= 4 is 10.8 Å². The molecule has 0 bridgehead atoms. The summed E-state index contributed by atoms with van der Waals surface area (Å²) in [4.78, 5) is 0. The highest BCUT2D eigenvalue weighted by atomic mass is 32.2. The van der Waals surface area contributed by atoms with Gasteiger partial charge in [0.15, 0.2) is 0 Å². The Hall–Kier alpha value is 0.110. The molecule has 0 amide bonds. The second-order valence-corrected chi connectivity index (χ2v) is 10.1. The largest absolute Gasteiger partial charge is 0.381 e. The average molecular weight is 361 g/mol. The Morgan fingerprint density at radius 1 is 0.708 bits per heavy atom. The molecule has 1 atom stereocenters. The van der Waals surface area contributed by atoms with E-state index < -0.39 is 10.8 Å². The van der Waals surface area contributed by atoms with E-state index in [-0.39, 0.29) is 0 Å². The van der Waals surface area contributed by atoms with E-state index in [0.29, 0.717) is 5.41 Å². The van der Waals surface area contributed by atoms with Crippen molar-refractivity contribution in [1.82, 2.24) is 0 Å². The Labute approximate surface area is 155 Å². The molecular weight excluding hydrogens is 316 g/mol. The van der Waals surface area contributed by atoms with Gasteiger partial charge in [0.2, 0.25) is 0 Å². The van der Waals surface area contributed by atoms with E-state index in [0.717, 1.165) is 37.6 Å². The first-order valence-electron chi connectivity index (χ1n) is 10.4. The van der Waals surface area contributed by atoms with Crippen molar-refractivity contribution in [3.8, 4) is 0 Å². The van der Waals surface area contributed by atoms with Gasteiger partial charge in [0, 0.05) is 35.5 Å². The molecule has 0 rings (SSSR count). The molecule has 1 unspecified atom stereocenters. The highest BCUT2D eigenvalue weighted by molar-refractivity contribution is 7.84. The van der Waals surface area contributed by atoms with E-state index in [1.807, 2.05) is 6.92 Å². The number of ether oxygens (including phenoxy) is 1. The maximum atomic E-state index is 11.3. The normalized spacial score (nSPS) is 13.3. The Bertz CT molecular complexity index is 284. The van der Waals surface area contributed by atoms with Crippen LogP contribution in [0.4, 0.5) is 0 Å². The smallest absolute Gasteiger partial charge is 0.0471 e. The van der Waals surface area contributed by atoms with E-state index in [1.54, 1.807) is 0 Å². The molecule has 24 heavy (non-hydrogen) atoms. The molecule has 0 radical (unpaired) electrons. The molecule has 0 heterocycles. The first-order valence-corrected chi connectivity index (χ1v) is 11.9. The highest BCUT2D eigenvalue weighted by Gasteiger charge is 2.08. The molecule has 0 N–H and O–H groups in total. The van der Waals surface area contributed by atoms with Crippen LogP contribution in [0.1, 0.15) is 105 Å². The number of rotatable bonds is 17. The molecule has 0 aromatic carbocycles. The zero-order valence-electron chi connectivity index (χ0n) is 17.0. The lowest BCUT2D eigenvalue weighted by Crippen LogP contribution is -2.09. The molecule has 2 nitrogen and oxygen atoms in total. The molecule has 0 aliphatic heterocycles. The van der Waals surface area contributed by atoms with Crippen LogP contribution in [0.25, 0.3) is 0 Å². The van der Waals surface area contributed by atoms with Crippen LogP contribution in [0.2, 0.25) is 0 Å². The predicted octanol–water partition coefficient (Wildman–Crippen LogP) is 6.50. The van der Waals surface area contributed by atoms with E-state index in [1.165, 1.54) is 64.2 Å². The van der Waals surface area contributed by atoms with Gasteiger partial charge in [-0.3, -0.25) is 4.21 Å². The van der Waals surface area contributed by atoms with Gasteiger partial charge in [-0.05, 0) is 24.7 Å². The van der Waals surface area contributed by atoms with E-state index in [9.17, 15) is 4.21 Å². The van der Waals surface area contributed by atoms with Gasteiger partial charge in [-0.1, -0.05) is 85.5 Å². The molecule has 0 aliphatic rings. The van der Waals surface area contributed by atoms with Gasteiger partial charge in [-0.15, -0.1) is 0 Å². The number of hydrogen-bond acceptors (Lipinski definition) is 2. The Balaban J connectivity index is 3.06. The lowest BCUT2D eigenvalue weighted by Gasteiger charge is -2.17. The van der Waals surface area contributed by atoms with Gasteiger partial charge < -0.3 is 4.74 Å². The molecule has 0 spiro atoms. The summed E-state index contributed by atoms with van der Waals surface area (Å²) in [5, 5.41) is 0. The summed E-state index contributed by atoms with van der Waals surface area (Å²) in [6, 6.07) is 0. The third-order valence-electron chi connectivity index (χ3n) is 4.48. The van der Waals surface area contributed by atoms with Crippen molar-refractivity contribution in [2.75, 3.05) is 24.7 Å². The molecule has 146 valence electrons. The zero-order valence-corrected chi connectivity index (χ0v) is 17.9. The second kappa shape index (κ2) is 16.6. The maximum absolute atomic E-state index is 11.3. The van der Waals surface area contributed by atoms with Crippen LogP contribution in [0, 0.1) is 5.41 Å². The van der Waals surface area contributed by atoms with Gasteiger partial charge in [0.25, 0.3) is 0 Å². The summed E-state index contributed by atoms with van der Waals surface area (Å²) in [6.07, 6.45) is 15.7. The van der Waals surface area contributed by atoms with Crippen molar-refractivity contribution in [1.29, 1.82) is 0 Å². The Morgan fingerprint density at radius 2 is 1.17 bits per heavy atom. The summed E-state index contributed by atoms with van der Waals surface area (Å²) in [5.41, 5.74) is 0.397. The fraction of sp³-hybridized carbons (Fsp3) is 1.00. The number of unbranched alkanes of at least 4 members (excludes halogenated alkanes) is 10. The summed E-state index contributed by atoms with van der Waals surface area (Å²) < 4.78 is 17.0. The first kappa shape index (κ1) is 24.1. The standard InChI is InChI=1S/C21H44O2S/c1-5-24(22)20-16-14-12-10-8-6-7-9-11-13-15-18-23-19-17-21(2,3)4/h5-20H2,1-4H3. The topological polar surface area (TPSA) is 26.3 Å². The van der Waals surface area contributed by atoms with E-state index >= 15 is 0 Å². The van der Waals surface area contributed by atoms with Crippen molar-refractivity contribution in [3.63, 3.8) is 0 Å². The van der Waals surface area contributed by atoms with Crippen LogP contribution in [-0.2, 0) is 15.5 Å². The van der Waals surface area contributed by atoms with Crippen molar-refractivity contribution in [2.24, 2.45) is 5.41 Å². The van der Waals surface area contributed by atoms with Gasteiger partial charge in [0.1, 0.15) is 0 Å². The van der Waals surface area contributed by atoms with Gasteiger partial charge >= 0.3 is 0 Å². The quantitative estimate of drug-likeness (QED) is 0.277. The monoisotopic (exact) mass is 360 g/mol. The van der Waals surface area contributed by atoms with E-state index in [4.69, 9.17) is 4.74 Å². The molecule has 0 aliphatic carbocycles. The summed E-state index contributed by atoms with van der Waals surface area (Å²) in [5.74, 6) is 1.74. The van der Waals surface area contributed by atoms with Gasteiger partial charge in [-0.2, -0.15) is 0 Å². The molecule has 0 fully saturated rings. The van der Waals surface area contributed by atoms with Crippen LogP contribution >= 0.6 is 0 Å². The van der Waals surface area contributed by atoms with Crippen molar-refractivity contribution in [2.45, 2.75) is 105 Å². The zero-order chi connectivity index (χ0) is 18.1. The lowest BCUT2D eigenvalue weighted by molar-refractivity contribution is 0.105. The molecule has 0 saturated heterocycles. The van der Waals surface area contributed by atoms with Crippen LogP contribution in [0.15, 0.2) is 0 Å². The minimum atomic E-state index is -0.557. The second-order valence-electron chi connectivity index (χ2n) is 8.24. The van der Waals surface area contributed by atoms with Crippen LogP contribution in [0.5, 0.6) is 0 Å². The van der Waals surface area contributed by atoms with Crippen molar-refractivity contribution < 1.29 is 8.95 Å². The van der Waals surface area contributed by atoms with Crippen LogP contribution in [-0.4, -0.2) is 28.9 Å². The fourth-order valence-corrected chi connectivity index (χ4v) is 3.50. The third kappa shape index (κ3) is 20.2. The van der Waals surface area contributed by atoms with Gasteiger partial charge in [-0.25, -0.2) is 0 Å². The Kier molecular flexibility index (Phi) is 16.6. The third-order valence-corrected chi connectivity index (χ3v) is 5.87. The predicted molar refractivity (Wildman–Crippen MR) is 109 cm³/mol.